The predicted molar refractivity (Wildman–Crippen MR) is 82.9 cm³/mol. The summed E-state index contributed by atoms with van der Waals surface area (Å²) in [4.78, 5) is 18.6. The van der Waals surface area contributed by atoms with Crippen molar-refractivity contribution in [3.05, 3.63) is 23.4 Å². The van der Waals surface area contributed by atoms with Crippen molar-refractivity contribution >= 4 is 11.7 Å². The lowest BCUT2D eigenvalue weighted by molar-refractivity contribution is 0.0948. The quantitative estimate of drug-likeness (QED) is 0.798. The number of anilines is 1. The number of nitrogens with one attached hydrogen (secondary N) is 1. The summed E-state index contributed by atoms with van der Waals surface area (Å²) in [6, 6.07) is 3.44. The minimum atomic E-state index is -0.0897. The summed E-state index contributed by atoms with van der Waals surface area (Å²) in [6.07, 6.45) is 0. The molecule has 0 spiro atoms. The fourth-order valence-electron chi connectivity index (χ4n) is 1.97. The van der Waals surface area contributed by atoms with E-state index in [9.17, 15) is 4.79 Å². The largest absolute Gasteiger partial charge is 0.384 e. The topological polar surface area (TPSA) is 71.2 Å². The van der Waals surface area contributed by atoms with Crippen LogP contribution in [0.15, 0.2) is 12.1 Å². The minimum Gasteiger partial charge on any atom is -0.384 e. The van der Waals surface area contributed by atoms with Gasteiger partial charge in [0.15, 0.2) is 0 Å². The first-order chi connectivity index (χ1) is 9.47. The molecule has 0 aliphatic heterocycles. The smallest absolute Gasteiger partial charge is 0.251 e. The molecule has 0 radical (unpaired) electrons. The SMILES string of the molecule is CCN(CC)CCNC(=O)c1cc(N)nc(C(C)C)c1. The number of nitrogen functional groups attached to an aromatic ring is 1. The highest BCUT2D eigenvalue weighted by molar-refractivity contribution is 5.94. The van der Waals surface area contributed by atoms with Gasteiger partial charge >= 0.3 is 0 Å². The fourth-order valence-corrected chi connectivity index (χ4v) is 1.97. The lowest BCUT2D eigenvalue weighted by atomic mass is 10.1. The van der Waals surface area contributed by atoms with E-state index in [0.29, 0.717) is 17.9 Å². The Labute approximate surface area is 121 Å². The molecule has 5 nitrogen and oxygen atoms in total. The number of nitrogens with two attached hydrogens (primary N) is 1. The third kappa shape index (κ3) is 4.81. The molecule has 20 heavy (non-hydrogen) atoms. The zero-order valence-electron chi connectivity index (χ0n) is 12.9. The number of carbonyl (C=O) groups is 1. The van der Waals surface area contributed by atoms with Crippen LogP contribution >= 0.6 is 0 Å². The van der Waals surface area contributed by atoms with Crippen molar-refractivity contribution in [1.82, 2.24) is 15.2 Å². The van der Waals surface area contributed by atoms with Crippen LogP contribution in [-0.2, 0) is 0 Å². The van der Waals surface area contributed by atoms with Gasteiger partial charge in [0.2, 0.25) is 0 Å². The molecule has 0 saturated carbocycles. The van der Waals surface area contributed by atoms with Crippen molar-refractivity contribution < 1.29 is 4.79 Å². The third-order valence-corrected chi connectivity index (χ3v) is 3.33. The molecule has 1 rings (SSSR count). The predicted octanol–water partition coefficient (Wildman–Crippen LogP) is 1.86. The van der Waals surface area contributed by atoms with E-state index in [1.165, 1.54) is 0 Å². The first-order valence-electron chi connectivity index (χ1n) is 7.25. The Hall–Kier alpha value is -1.62. The van der Waals surface area contributed by atoms with Crippen LogP contribution in [-0.4, -0.2) is 42.0 Å². The zero-order chi connectivity index (χ0) is 15.1. The third-order valence-electron chi connectivity index (χ3n) is 3.33. The molecule has 1 aromatic heterocycles. The Morgan fingerprint density at radius 3 is 2.55 bits per heavy atom. The van der Waals surface area contributed by atoms with Gasteiger partial charge in [0, 0.05) is 24.3 Å². The minimum absolute atomic E-state index is 0.0897. The Balaban J connectivity index is 2.63. The highest BCUT2D eigenvalue weighted by Crippen LogP contribution is 2.15. The molecule has 112 valence electrons. The Morgan fingerprint density at radius 2 is 2.00 bits per heavy atom. The number of nitrogens with zero attached hydrogens (tertiary/aromatic N) is 2. The van der Waals surface area contributed by atoms with E-state index in [1.54, 1.807) is 6.07 Å². The Kier molecular flexibility index (Phi) is 6.45. The molecule has 0 saturated heterocycles. The normalized spacial score (nSPS) is 11.1. The van der Waals surface area contributed by atoms with Gasteiger partial charge in [-0.05, 0) is 31.1 Å². The van der Waals surface area contributed by atoms with E-state index in [-0.39, 0.29) is 11.8 Å². The number of pyridine rings is 1. The van der Waals surface area contributed by atoms with Crippen molar-refractivity contribution in [3.8, 4) is 0 Å². The van der Waals surface area contributed by atoms with Crippen LogP contribution in [0.3, 0.4) is 0 Å². The van der Waals surface area contributed by atoms with E-state index in [1.807, 2.05) is 19.9 Å². The molecule has 1 amide bonds. The van der Waals surface area contributed by atoms with Crippen molar-refractivity contribution in [2.24, 2.45) is 0 Å². The van der Waals surface area contributed by atoms with Crippen molar-refractivity contribution in [3.63, 3.8) is 0 Å². The molecule has 0 aromatic carbocycles. The van der Waals surface area contributed by atoms with Gasteiger partial charge in [-0.1, -0.05) is 27.7 Å². The molecule has 1 heterocycles. The summed E-state index contributed by atoms with van der Waals surface area (Å²) in [7, 11) is 0. The summed E-state index contributed by atoms with van der Waals surface area (Å²) >= 11 is 0. The average Bonchev–Trinajstić information content (AvgIpc) is 2.42. The number of hydrogen-bond acceptors (Lipinski definition) is 4. The maximum absolute atomic E-state index is 12.1. The van der Waals surface area contributed by atoms with Gasteiger partial charge in [-0.2, -0.15) is 0 Å². The molecular weight excluding hydrogens is 252 g/mol. The van der Waals surface area contributed by atoms with Crippen molar-refractivity contribution in [2.75, 3.05) is 31.9 Å². The van der Waals surface area contributed by atoms with Gasteiger partial charge in [-0.15, -0.1) is 0 Å². The number of likely N-dealkylation sites (N-methyl/N-ethyl adjacent to an activating group) is 1. The van der Waals surface area contributed by atoms with E-state index in [0.717, 1.165) is 25.3 Å². The maximum atomic E-state index is 12.1. The Bertz CT molecular complexity index is 441. The van der Waals surface area contributed by atoms with Gasteiger partial charge in [-0.3, -0.25) is 4.79 Å². The molecule has 0 aliphatic rings. The van der Waals surface area contributed by atoms with Gasteiger partial charge in [0.1, 0.15) is 5.82 Å². The van der Waals surface area contributed by atoms with E-state index >= 15 is 0 Å². The lowest BCUT2D eigenvalue weighted by Gasteiger charge is -2.18. The van der Waals surface area contributed by atoms with Crippen LogP contribution in [0.5, 0.6) is 0 Å². The fraction of sp³-hybridized carbons (Fsp3) is 0.600. The number of hydrogen-bond donors (Lipinski definition) is 2. The second-order valence-corrected chi connectivity index (χ2v) is 5.14. The molecule has 3 N–H and O–H groups in total. The van der Waals surface area contributed by atoms with Gasteiger partial charge in [0.25, 0.3) is 5.91 Å². The molecule has 0 unspecified atom stereocenters. The van der Waals surface area contributed by atoms with Crippen LogP contribution in [0.4, 0.5) is 5.82 Å². The molecule has 5 heteroatoms. The molecule has 0 atom stereocenters. The van der Waals surface area contributed by atoms with Crippen molar-refractivity contribution in [1.29, 1.82) is 0 Å². The van der Waals surface area contributed by atoms with E-state index in [4.69, 9.17) is 5.73 Å². The van der Waals surface area contributed by atoms with Crippen molar-refractivity contribution in [2.45, 2.75) is 33.6 Å². The van der Waals surface area contributed by atoms with E-state index < -0.39 is 0 Å². The van der Waals surface area contributed by atoms with Gasteiger partial charge in [0.05, 0.1) is 0 Å². The highest BCUT2D eigenvalue weighted by Gasteiger charge is 2.11. The number of rotatable bonds is 7. The van der Waals surface area contributed by atoms with Crippen LogP contribution in [0, 0.1) is 0 Å². The maximum Gasteiger partial charge on any atom is 0.251 e. The number of carbonyl (C=O) groups excluding carboxylic acids is 1. The first-order valence-corrected chi connectivity index (χ1v) is 7.25. The monoisotopic (exact) mass is 278 g/mol. The summed E-state index contributed by atoms with van der Waals surface area (Å²) in [6.45, 7) is 11.8. The summed E-state index contributed by atoms with van der Waals surface area (Å²) < 4.78 is 0. The van der Waals surface area contributed by atoms with Gasteiger partial charge in [-0.25, -0.2) is 4.98 Å². The zero-order valence-corrected chi connectivity index (χ0v) is 12.9. The number of amides is 1. The average molecular weight is 278 g/mol. The van der Waals surface area contributed by atoms with Crippen LogP contribution in [0.25, 0.3) is 0 Å². The molecule has 0 aliphatic carbocycles. The van der Waals surface area contributed by atoms with E-state index in [2.05, 4.69) is 29.0 Å². The first kappa shape index (κ1) is 16.4. The summed E-state index contributed by atoms with van der Waals surface area (Å²) in [5.74, 6) is 0.555. The van der Waals surface area contributed by atoms with Crippen LogP contribution < -0.4 is 11.1 Å². The van der Waals surface area contributed by atoms with Crippen LogP contribution in [0.1, 0.15) is 49.7 Å². The molecular formula is C15H26N4O. The Morgan fingerprint density at radius 1 is 1.35 bits per heavy atom. The second kappa shape index (κ2) is 7.85. The summed E-state index contributed by atoms with van der Waals surface area (Å²) in [5.41, 5.74) is 7.19. The van der Waals surface area contributed by atoms with Crippen LogP contribution in [0.2, 0.25) is 0 Å². The second-order valence-electron chi connectivity index (χ2n) is 5.14. The van der Waals surface area contributed by atoms with Gasteiger partial charge < -0.3 is 16.0 Å². The number of aromatic nitrogens is 1. The molecule has 1 aromatic rings. The summed E-state index contributed by atoms with van der Waals surface area (Å²) in [5, 5.41) is 2.93. The lowest BCUT2D eigenvalue weighted by Crippen LogP contribution is -2.34. The molecule has 0 fully saturated rings. The molecule has 0 bridgehead atoms. The standard InChI is InChI=1S/C15H26N4O/c1-5-19(6-2)8-7-17-15(20)12-9-13(11(3)4)18-14(16)10-12/h9-11H,5-8H2,1-4H3,(H2,16,18)(H,17,20). The highest BCUT2D eigenvalue weighted by atomic mass is 16.1.